The van der Waals surface area contributed by atoms with E-state index in [0.717, 1.165) is 31.2 Å². The first kappa shape index (κ1) is 19.5. The summed E-state index contributed by atoms with van der Waals surface area (Å²) in [5.41, 5.74) is 2.27. The Balaban J connectivity index is 1.76. The van der Waals surface area contributed by atoms with Gasteiger partial charge in [0.2, 0.25) is 11.8 Å². The maximum Gasteiger partial charge on any atom is 0.242 e. The van der Waals surface area contributed by atoms with Gasteiger partial charge in [0.1, 0.15) is 0 Å². The van der Waals surface area contributed by atoms with E-state index in [4.69, 9.17) is 9.47 Å². The number of methoxy groups -OCH3 is 2. The molecular weight excluding hydrogens is 344 g/mol. The molecule has 1 saturated carbocycles. The van der Waals surface area contributed by atoms with Crippen molar-refractivity contribution in [2.24, 2.45) is 5.92 Å². The molecule has 148 valence electrons. The largest absolute Gasteiger partial charge is 0.493 e. The summed E-state index contributed by atoms with van der Waals surface area (Å²) in [4.78, 5) is 29.1. The maximum absolute atomic E-state index is 13.0. The van der Waals surface area contributed by atoms with Crippen LogP contribution in [-0.2, 0) is 16.0 Å². The van der Waals surface area contributed by atoms with E-state index in [2.05, 4.69) is 0 Å². The molecule has 0 radical (unpaired) electrons. The summed E-state index contributed by atoms with van der Waals surface area (Å²) in [5.74, 6) is 1.69. The Bertz CT molecular complexity index is 714. The van der Waals surface area contributed by atoms with E-state index in [-0.39, 0.29) is 30.3 Å². The molecule has 2 amide bonds. The lowest BCUT2D eigenvalue weighted by atomic mass is 9.92. The van der Waals surface area contributed by atoms with Gasteiger partial charge in [-0.2, -0.15) is 0 Å². The number of rotatable bonds is 7. The summed E-state index contributed by atoms with van der Waals surface area (Å²) >= 11 is 0. The van der Waals surface area contributed by atoms with Crippen LogP contribution in [0.2, 0.25) is 0 Å². The van der Waals surface area contributed by atoms with Gasteiger partial charge in [0.25, 0.3) is 0 Å². The molecule has 3 rings (SSSR count). The summed E-state index contributed by atoms with van der Waals surface area (Å²) in [6, 6.07) is 3.92. The fraction of sp³-hybridized carbons (Fsp3) is 0.619. The second kappa shape index (κ2) is 8.19. The maximum atomic E-state index is 13.0. The van der Waals surface area contributed by atoms with Crippen LogP contribution in [0.1, 0.15) is 50.3 Å². The van der Waals surface area contributed by atoms with Crippen molar-refractivity contribution in [1.82, 2.24) is 9.80 Å². The number of nitrogens with zero attached hydrogens (tertiary/aromatic N) is 2. The first-order valence-corrected chi connectivity index (χ1v) is 9.83. The Kier molecular flexibility index (Phi) is 5.92. The number of hydrogen-bond donors (Lipinski definition) is 0. The molecule has 0 aromatic heterocycles. The monoisotopic (exact) mass is 374 g/mol. The minimum atomic E-state index is -0.0550. The van der Waals surface area contributed by atoms with Gasteiger partial charge in [0, 0.05) is 19.0 Å². The summed E-state index contributed by atoms with van der Waals surface area (Å²) in [7, 11) is 3.25. The molecule has 6 heteroatoms. The second-order valence-corrected chi connectivity index (χ2v) is 7.45. The average molecular weight is 374 g/mol. The van der Waals surface area contributed by atoms with Crippen molar-refractivity contribution >= 4 is 11.8 Å². The topological polar surface area (TPSA) is 59.1 Å². The van der Waals surface area contributed by atoms with Crippen molar-refractivity contribution in [3.8, 4) is 11.5 Å². The number of carbonyl (C=O) groups excluding carboxylic acids is 2. The van der Waals surface area contributed by atoms with Crippen LogP contribution >= 0.6 is 0 Å². The molecule has 1 unspecified atom stereocenters. The van der Waals surface area contributed by atoms with Crippen LogP contribution in [-0.4, -0.2) is 55.5 Å². The van der Waals surface area contributed by atoms with Gasteiger partial charge in [-0.3, -0.25) is 9.59 Å². The minimum absolute atomic E-state index is 0.0189. The van der Waals surface area contributed by atoms with E-state index < -0.39 is 0 Å². The minimum Gasteiger partial charge on any atom is -0.493 e. The van der Waals surface area contributed by atoms with Crippen molar-refractivity contribution in [3.05, 3.63) is 23.3 Å². The molecule has 2 aliphatic rings. The lowest BCUT2D eigenvalue weighted by Crippen LogP contribution is -2.46. The van der Waals surface area contributed by atoms with Crippen molar-refractivity contribution < 1.29 is 19.1 Å². The van der Waals surface area contributed by atoms with Crippen LogP contribution < -0.4 is 9.47 Å². The van der Waals surface area contributed by atoms with E-state index in [9.17, 15) is 9.59 Å². The summed E-state index contributed by atoms with van der Waals surface area (Å²) in [6.07, 6.45) is 3.56. The van der Waals surface area contributed by atoms with Gasteiger partial charge in [0.15, 0.2) is 11.5 Å². The predicted octanol–water partition coefficient (Wildman–Crippen LogP) is 2.80. The molecule has 6 nitrogen and oxygen atoms in total. The highest BCUT2D eigenvalue weighted by Gasteiger charge is 2.35. The zero-order valence-corrected chi connectivity index (χ0v) is 16.8. The van der Waals surface area contributed by atoms with Gasteiger partial charge < -0.3 is 19.3 Å². The van der Waals surface area contributed by atoms with Crippen LogP contribution in [0.15, 0.2) is 12.1 Å². The third-order valence-corrected chi connectivity index (χ3v) is 5.56. The van der Waals surface area contributed by atoms with Gasteiger partial charge in [-0.25, -0.2) is 0 Å². The Morgan fingerprint density at radius 2 is 1.85 bits per heavy atom. The number of carbonyl (C=O) groups is 2. The van der Waals surface area contributed by atoms with E-state index in [0.29, 0.717) is 24.6 Å². The fourth-order valence-electron chi connectivity index (χ4n) is 3.87. The van der Waals surface area contributed by atoms with Crippen molar-refractivity contribution in [2.45, 2.75) is 45.6 Å². The van der Waals surface area contributed by atoms with Crippen LogP contribution in [0.3, 0.4) is 0 Å². The molecule has 0 spiro atoms. The lowest BCUT2D eigenvalue weighted by molar-refractivity contribution is -0.142. The van der Waals surface area contributed by atoms with Crippen LogP contribution in [0, 0.1) is 5.92 Å². The molecule has 1 aromatic rings. The highest BCUT2D eigenvalue weighted by atomic mass is 16.5. The van der Waals surface area contributed by atoms with E-state index in [1.165, 1.54) is 5.56 Å². The molecule has 1 heterocycles. The van der Waals surface area contributed by atoms with Crippen molar-refractivity contribution in [3.63, 3.8) is 0 Å². The highest BCUT2D eigenvalue weighted by Crippen LogP contribution is 2.38. The van der Waals surface area contributed by atoms with E-state index in [1.807, 2.05) is 30.9 Å². The third-order valence-electron chi connectivity index (χ3n) is 5.56. The van der Waals surface area contributed by atoms with E-state index in [1.54, 1.807) is 19.1 Å². The van der Waals surface area contributed by atoms with E-state index >= 15 is 0 Å². The Labute approximate surface area is 161 Å². The van der Waals surface area contributed by atoms with Crippen LogP contribution in [0.4, 0.5) is 0 Å². The molecule has 1 aromatic carbocycles. The van der Waals surface area contributed by atoms with Gasteiger partial charge in [-0.1, -0.05) is 6.92 Å². The van der Waals surface area contributed by atoms with Crippen molar-refractivity contribution in [1.29, 1.82) is 0 Å². The zero-order chi connectivity index (χ0) is 19.6. The molecule has 1 aliphatic heterocycles. The molecule has 1 aliphatic carbocycles. The first-order chi connectivity index (χ1) is 13.0. The Morgan fingerprint density at radius 3 is 2.44 bits per heavy atom. The molecule has 0 bridgehead atoms. The zero-order valence-electron chi connectivity index (χ0n) is 16.8. The number of ether oxygens (including phenoxy) is 2. The van der Waals surface area contributed by atoms with Crippen LogP contribution in [0.5, 0.6) is 11.5 Å². The molecule has 0 saturated heterocycles. The molecule has 1 atom stereocenters. The number of fused-ring (bicyclic) bond motifs is 1. The predicted molar refractivity (Wildman–Crippen MR) is 103 cm³/mol. The summed E-state index contributed by atoms with van der Waals surface area (Å²) < 4.78 is 10.8. The Morgan fingerprint density at radius 1 is 1.19 bits per heavy atom. The third kappa shape index (κ3) is 4.04. The first-order valence-electron chi connectivity index (χ1n) is 9.83. The smallest absolute Gasteiger partial charge is 0.242 e. The normalized spacial score (nSPS) is 18.7. The van der Waals surface area contributed by atoms with Gasteiger partial charge in [0.05, 0.1) is 26.8 Å². The van der Waals surface area contributed by atoms with Crippen LogP contribution in [0.25, 0.3) is 0 Å². The summed E-state index contributed by atoms with van der Waals surface area (Å²) in [5, 5.41) is 0. The lowest BCUT2D eigenvalue weighted by Gasteiger charge is -2.37. The SMILES string of the molecule is CCCN(CC(=O)N1CCc2cc(OC)c(OC)cc2C1C)C(=O)C1CC1. The van der Waals surface area contributed by atoms with Gasteiger partial charge in [-0.05, 0) is 55.9 Å². The number of amides is 2. The molecular formula is C21H30N2O4. The average Bonchev–Trinajstić information content (AvgIpc) is 3.51. The molecule has 0 N–H and O–H groups in total. The fourth-order valence-corrected chi connectivity index (χ4v) is 3.87. The Hall–Kier alpha value is -2.24. The summed E-state index contributed by atoms with van der Waals surface area (Å²) in [6.45, 7) is 5.55. The number of hydrogen-bond acceptors (Lipinski definition) is 4. The highest BCUT2D eigenvalue weighted by molar-refractivity contribution is 5.87. The van der Waals surface area contributed by atoms with Gasteiger partial charge >= 0.3 is 0 Å². The second-order valence-electron chi connectivity index (χ2n) is 7.45. The molecule has 1 fully saturated rings. The quantitative estimate of drug-likeness (QED) is 0.736. The van der Waals surface area contributed by atoms with Gasteiger partial charge in [-0.15, -0.1) is 0 Å². The molecule has 27 heavy (non-hydrogen) atoms. The van der Waals surface area contributed by atoms with Crippen molar-refractivity contribution in [2.75, 3.05) is 33.9 Å². The number of benzene rings is 1. The standard InChI is InChI=1S/C21H30N2O4/c1-5-9-22(21(25)15-6-7-15)13-20(24)23-10-8-16-11-18(26-3)19(27-4)12-17(16)14(23)2/h11-12,14-15H,5-10,13H2,1-4H3.